The van der Waals surface area contributed by atoms with Gasteiger partial charge in [0.25, 0.3) is 5.56 Å². The number of aromatic nitrogens is 1. The van der Waals surface area contributed by atoms with Crippen LogP contribution in [0.4, 0.5) is 4.39 Å². The molecule has 7 heteroatoms. The van der Waals surface area contributed by atoms with Gasteiger partial charge in [0.1, 0.15) is 11.6 Å². The number of carbonyl (C=O) groups is 1. The van der Waals surface area contributed by atoms with Crippen LogP contribution in [0.25, 0.3) is 11.1 Å². The minimum Gasteiger partial charge on any atom is -0.482 e. The van der Waals surface area contributed by atoms with Crippen LogP contribution >= 0.6 is 11.6 Å². The van der Waals surface area contributed by atoms with Crippen molar-refractivity contribution in [3.63, 3.8) is 0 Å². The van der Waals surface area contributed by atoms with Crippen molar-refractivity contribution in [2.45, 2.75) is 6.54 Å². The molecule has 0 amide bonds. The van der Waals surface area contributed by atoms with E-state index in [1.54, 1.807) is 48.7 Å². The highest BCUT2D eigenvalue weighted by molar-refractivity contribution is 6.30. The van der Waals surface area contributed by atoms with E-state index in [1.165, 1.54) is 23.8 Å². The minimum atomic E-state index is -0.467. The maximum Gasteiger partial charge on any atom is 0.343 e. The Labute approximate surface area is 165 Å². The lowest BCUT2D eigenvalue weighted by Crippen LogP contribution is -2.19. The molecular formula is C21H17ClFNO4. The van der Waals surface area contributed by atoms with Crippen molar-refractivity contribution in [1.29, 1.82) is 0 Å². The smallest absolute Gasteiger partial charge is 0.343 e. The fourth-order valence-corrected chi connectivity index (χ4v) is 2.76. The summed E-state index contributed by atoms with van der Waals surface area (Å²) in [5.74, 6) is -0.409. The van der Waals surface area contributed by atoms with E-state index in [1.807, 2.05) is 0 Å². The summed E-state index contributed by atoms with van der Waals surface area (Å²) in [5.41, 5.74) is 1.76. The fraction of sp³-hybridized carbons (Fsp3) is 0.143. The zero-order chi connectivity index (χ0) is 20.1. The molecule has 0 bridgehead atoms. The molecule has 1 aromatic heterocycles. The van der Waals surface area contributed by atoms with Crippen LogP contribution in [0.5, 0.6) is 5.75 Å². The summed E-state index contributed by atoms with van der Waals surface area (Å²) in [5, 5.41) is 0.303. The molecule has 0 saturated carbocycles. The van der Waals surface area contributed by atoms with E-state index in [4.69, 9.17) is 16.3 Å². The first-order valence-corrected chi connectivity index (χ1v) is 8.78. The molecular weight excluding hydrogens is 385 g/mol. The van der Waals surface area contributed by atoms with Crippen molar-refractivity contribution in [3.8, 4) is 16.9 Å². The molecule has 3 aromatic rings. The molecule has 0 aliphatic carbocycles. The first kappa shape index (κ1) is 19.6. The topological polar surface area (TPSA) is 57.5 Å². The summed E-state index contributed by atoms with van der Waals surface area (Å²) in [7, 11) is 1.29. The highest BCUT2D eigenvalue weighted by Gasteiger charge is 2.08. The number of esters is 1. The number of carbonyl (C=O) groups excluding carboxylic acids is 1. The Morgan fingerprint density at radius 3 is 2.46 bits per heavy atom. The number of benzene rings is 2. The molecule has 1 heterocycles. The Morgan fingerprint density at radius 2 is 1.79 bits per heavy atom. The second-order valence-corrected chi connectivity index (χ2v) is 6.45. The Morgan fingerprint density at radius 1 is 1.07 bits per heavy atom. The molecule has 0 atom stereocenters. The van der Waals surface area contributed by atoms with E-state index in [2.05, 4.69) is 4.74 Å². The Balaban J connectivity index is 1.81. The summed E-state index contributed by atoms with van der Waals surface area (Å²) < 4.78 is 25.3. The van der Waals surface area contributed by atoms with Crippen LogP contribution in [-0.2, 0) is 16.1 Å². The van der Waals surface area contributed by atoms with E-state index in [0.29, 0.717) is 16.3 Å². The fourth-order valence-electron chi connectivity index (χ4n) is 2.60. The lowest BCUT2D eigenvalue weighted by molar-refractivity contribution is -0.142. The number of ether oxygens (including phenoxy) is 2. The number of hydrogen-bond acceptors (Lipinski definition) is 4. The number of nitrogens with zero attached hydrogens (tertiary/aromatic N) is 1. The van der Waals surface area contributed by atoms with Gasteiger partial charge in [-0.05, 0) is 41.5 Å². The first-order chi connectivity index (χ1) is 13.5. The molecule has 28 heavy (non-hydrogen) atoms. The van der Waals surface area contributed by atoms with Crippen molar-refractivity contribution >= 4 is 17.6 Å². The quantitative estimate of drug-likeness (QED) is 0.588. The van der Waals surface area contributed by atoms with Crippen molar-refractivity contribution in [2.75, 3.05) is 13.7 Å². The molecule has 0 radical (unpaired) electrons. The molecule has 0 unspecified atom stereocenters. The summed E-state index contributed by atoms with van der Waals surface area (Å²) in [6.45, 7) is -0.0800. The minimum absolute atomic E-state index is 0.0933. The maximum atomic E-state index is 14.0. The third-order valence-electron chi connectivity index (χ3n) is 4.11. The van der Waals surface area contributed by atoms with Gasteiger partial charge in [0.05, 0.1) is 13.7 Å². The standard InChI is InChI=1S/C21H17ClFNO4/c1-27-21(26)13-28-18-7-3-14(4-8-18)15-5-9-20(25)24(11-15)12-16-2-6-17(22)10-19(16)23/h2-11H,12-13H2,1H3. The van der Waals surface area contributed by atoms with Crippen LogP contribution in [0.2, 0.25) is 5.02 Å². The van der Waals surface area contributed by atoms with Crippen LogP contribution in [0, 0.1) is 5.82 Å². The molecule has 0 saturated heterocycles. The van der Waals surface area contributed by atoms with Gasteiger partial charge in [0.2, 0.25) is 0 Å². The molecule has 0 aliphatic rings. The van der Waals surface area contributed by atoms with Gasteiger partial charge in [-0.3, -0.25) is 4.79 Å². The second kappa shape index (κ2) is 8.71. The zero-order valence-corrected chi connectivity index (χ0v) is 15.8. The predicted molar refractivity (Wildman–Crippen MR) is 104 cm³/mol. The zero-order valence-electron chi connectivity index (χ0n) is 15.0. The lowest BCUT2D eigenvalue weighted by atomic mass is 10.1. The lowest BCUT2D eigenvalue weighted by Gasteiger charge is -2.10. The number of halogens is 2. The van der Waals surface area contributed by atoms with E-state index in [9.17, 15) is 14.0 Å². The Bertz CT molecular complexity index is 1050. The SMILES string of the molecule is COC(=O)COc1ccc(-c2ccc(=O)n(Cc3ccc(Cl)cc3F)c2)cc1. The number of hydrogen-bond donors (Lipinski definition) is 0. The normalized spacial score (nSPS) is 10.5. The van der Waals surface area contributed by atoms with Gasteiger partial charge in [-0.1, -0.05) is 29.8 Å². The van der Waals surface area contributed by atoms with Crippen LogP contribution in [0.3, 0.4) is 0 Å². The van der Waals surface area contributed by atoms with Crippen LogP contribution < -0.4 is 10.3 Å². The molecule has 3 rings (SSSR count). The van der Waals surface area contributed by atoms with Gasteiger partial charge in [-0.2, -0.15) is 0 Å². The highest BCUT2D eigenvalue weighted by Crippen LogP contribution is 2.22. The van der Waals surface area contributed by atoms with E-state index < -0.39 is 11.8 Å². The molecule has 5 nitrogen and oxygen atoms in total. The van der Waals surface area contributed by atoms with Crippen molar-refractivity contribution in [2.24, 2.45) is 0 Å². The average molecular weight is 402 g/mol. The van der Waals surface area contributed by atoms with Gasteiger partial charge in [-0.15, -0.1) is 0 Å². The largest absolute Gasteiger partial charge is 0.482 e. The van der Waals surface area contributed by atoms with E-state index in [0.717, 1.165) is 11.1 Å². The average Bonchev–Trinajstić information content (AvgIpc) is 2.70. The second-order valence-electron chi connectivity index (χ2n) is 6.01. The monoisotopic (exact) mass is 401 g/mol. The molecule has 0 fully saturated rings. The van der Waals surface area contributed by atoms with Gasteiger partial charge < -0.3 is 14.0 Å². The summed E-state index contributed by atoms with van der Waals surface area (Å²) in [6.07, 6.45) is 1.67. The predicted octanol–water partition coefficient (Wildman–Crippen LogP) is 3.91. The van der Waals surface area contributed by atoms with Gasteiger partial charge in [0, 0.05) is 22.8 Å². The Hall–Kier alpha value is -3.12. The third kappa shape index (κ3) is 4.78. The first-order valence-electron chi connectivity index (χ1n) is 8.41. The van der Waals surface area contributed by atoms with Gasteiger partial charge in [0.15, 0.2) is 6.61 Å². The van der Waals surface area contributed by atoms with Crippen LogP contribution in [0.1, 0.15) is 5.56 Å². The van der Waals surface area contributed by atoms with Gasteiger partial charge >= 0.3 is 5.97 Å². The van der Waals surface area contributed by atoms with E-state index in [-0.39, 0.29) is 18.7 Å². The van der Waals surface area contributed by atoms with Crippen LogP contribution in [-0.4, -0.2) is 24.3 Å². The highest BCUT2D eigenvalue weighted by atomic mass is 35.5. The molecule has 144 valence electrons. The Kier molecular flexibility index (Phi) is 6.11. The third-order valence-corrected chi connectivity index (χ3v) is 4.35. The summed E-state index contributed by atoms with van der Waals surface area (Å²) >= 11 is 5.77. The summed E-state index contributed by atoms with van der Waals surface area (Å²) in [4.78, 5) is 23.3. The molecule has 0 spiro atoms. The van der Waals surface area contributed by atoms with Crippen molar-refractivity contribution in [1.82, 2.24) is 4.57 Å². The van der Waals surface area contributed by atoms with E-state index >= 15 is 0 Å². The summed E-state index contributed by atoms with van der Waals surface area (Å²) in [6, 6.07) is 14.5. The van der Waals surface area contributed by atoms with Crippen molar-refractivity contribution < 1.29 is 18.7 Å². The molecule has 2 aromatic carbocycles. The van der Waals surface area contributed by atoms with Gasteiger partial charge in [-0.25, -0.2) is 9.18 Å². The molecule has 0 aliphatic heterocycles. The van der Waals surface area contributed by atoms with Crippen molar-refractivity contribution in [3.05, 3.63) is 87.6 Å². The maximum absolute atomic E-state index is 14.0. The number of pyridine rings is 1. The van der Waals surface area contributed by atoms with Crippen LogP contribution in [0.15, 0.2) is 65.6 Å². The number of rotatable bonds is 6. The number of methoxy groups -OCH3 is 1. The molecule has 0 N–H and O–H groups in total.